The summed E-state index contributed by atoms with van der Waals surface area (Å²) in [5.74, 6) is 0. The zero-order chi connectivity index (χ0) is 5.11. The van der Waals surface area contributed by atoms with E-state index in [2.05, 4.69) is 8.93 Å². The number of rotatable bonds is 0. The van der Waals surface area contributed by atoms with Gasteiger partial charge in [-0.2, -0.15) is 0 Å². The van der Waals surface area contributed by atoms with Crippen LogP contribution in [0, 0.1) is 0 Å². The maximum Gasteiger partial charge on any atom is -0.0292 e. The van der Waals surface area contributed by atoms with Crippen molar-refractivity contribution in [3.05, 3.63) is 0 Å². The Labute approximate surface area is 48.9 Å². The highest BCUT2D eigenvalue weighted by atomic mass is 32.0. The average Bonchev–Trinajstić information content (AvgIpc) is 1.69. The molecule has 1 heterocycles. The standard InChI is InChI=1S/C5H12P2/c6-7-4-2-1-3-5-7/h1-6H2. The van der Waals surface area contributed by atoms with Crippen LogP contribution in [-0.2, 0) is 0 Å². The van der Waals surface area contributed by atoms with Crippen molar-refractivity contribution in [1.82, 2.24) is 0 Å². The molecule has 0 aromatic heterocycles. The van der Waals surface area contributed by atoms with Gasteiger partial charge in [0.1, 0.15) is 0 Å². The van der Waals surface area contributed by atoms with Crippen LogP contribution in [0.5, 0.6) is 0 Å². The smallest absolute Gasteiger partial charge is 0.0292 e. The molecule has 1 unspecified atom stereocenters. The molecule has 1 aliphatic rings. The fraction of sp³-hybridized carbons (Fsp3) is 1.00. The summed E-state index contributed by atoms with van der Waals surface area (Å²) >= 11 is 0. The lowest BCUT2D eigenvalue weighted by molar-refractivity contribution is 0.757. The zero-order valence-corrected chi connectivity index (χ0v) is 6.61. The highest BCUT2D eigenvalue weighted by Gasteiger charge is 2.05. The van der Waals surface area contributed by atoms with Crippen LogP contribution in [0.3, 0.4) is 0 Å². The van der Waals surface area contributed by atoms with E-state index in [0.717, 1.165) is 0 Å². The van der Waals surface area contributed by atoms with Gasteiger partial charge in [0.2, 0.25) is 0 Å². The van der Waals surface area contributed by atoms with Crippen LogP contribution in [0.4, 0.5) is 0 Å². The van der Waals surface area contributed by atoms with Crippen LogP contribution < -0.4 is 0 Å². The lowest BCUT2D eigenvalue weighted by Crippen LogP contribution is -1.93. The minimum absolute atomic E-state index is 0.425. The first-order valence-electron chi connectivity index (χ1n) is 2.89. The van der Waals surface area contributed by atoms with Gasteiger partial charge in [-0.25, -0.2) is 0 Å². The first-order valence-corrected chi connectivity index (χ1v) is 6.22. The van der Waals surface area contributed by atoms with Gasteiger partial charge >= 0.3 is 0 Å². The van der Waals surface area contributed by atoms with Crippen LogP contribution in [-0.4, -0.2) is 12.3 Å². The highest BCUT2D eigenvalue weighted by molar-refractivity contribution is 8.13. The molecule has 1 rings (SSSR count). The molecular formula is C5H12P2. The SMILES string of the molecule is PP1CCCCC1. The summed E-state index contributed by atoms with van der Waals surface area (Å²) in [6.45, 7) is 0. The zero-order valence-electron chi connectivity index (χ0n) is 4.56. The van der Waals surface area contributed by atoms with Crippen molar-refractivity contribution in [1.29, 1.82) is 0 Å². The van der Waals surface area contributed by atoms with Crippen LogP contribution in [0.25, 0.3) is 0 Å². The molecule has 0 radical (unpaired) electrons. The summed E-state index contributed by atoms with van der Waals surface area (Å²) < 4.78 is 0. The van der Waals surface area contributed by atoms with Gasteiger partial charge in [0.15, 0.2) is 0 Å². The van der Waals surface area contributed by atoms with Gasteiger partial charge < -0.3 is 0 Å². The second-order valence-electron chi connectivity index (χ2n) is 2.10. The Morgan fingerprint density at radius 1 is 1.00 bits per heavy atom. The second-order valence-corrected chi connectivity index (χ2v) is 6.36. The van der Waals surface area contributed by atoms with Gasteiger partial charge in [-0.1, -0.05) is 14.0 Å². The Balaban J connectivity index is 2.12. The van der Waals surface area contributed by atoms with E-state index in [4.69, 9.17) is 0 Å². The largest absolute Gasteiger partial charge is 0.111 e. The van der Waals surface area contributed by atoms with E-state index in [1.807, 2.05) is 0 Å². The minimum atomic E-state index is 0.425. The minimum Gasteiger partial charge on any atom is -0.111 e. The summed E-state index contributed by atoms with van der Waals surface area (Å²) in [6.07, 6.45) is 7.51. The van der Waals surface area contributed by atoms with Gasteiger partial charge in [0.25, 0.3) is 0 Å². The molecule has 1 fully saturated rings. The molecule has 1 saturated heterocycles. The van der Waals surface area contributed by atoms with Crippen LogP contribution in [0.15, 0.2) is 0 Å². The first kappa shape index (κ1) is 5.99. The Bertz CT molecular complexity index is 48.0. The van der Waals surface area contributed by atoms with E-state index in [0.29, 0.717) is 7.61 Å². The van der Waals surface area contributed by atoms with Gasteiger partial charge in [-0.3, -0.25) is 0 Å². The maximum atomic E-state index is 2.97. The molecule has 0 aromatic carbocycles. The van der Waals surface area contributed by atoms with Crippen LogP contribution in [0.2, 0.25) is 0 Å². The third-order valence-electron chi connectivity index (χ3n) is 1.39. The first-order chi connectivity index (χ1) is 3.39. The van der Waals surface area contributed by atoms with E-state index < -0.39 is 0 Å². The molecule has 0 spiro atoms. The van der Waals surface area contributed by atoms with E-state index in [9.17, 15) is 0 Å². The van der Waals surface area contributed by atoms with E-state index in [-0.39, 0.29) is 0 Å². The third-order valence-corrected chi connectivity index (χ3v) is 4.72. The molecular weight excluding hydrogens is 122 g/mol. The van der Waals surface area contributed by atoms with Crippen molar-refractivity contribution in [3.63, 3.8) is 0 Å². The monoisotopic (exact) mass is 134 g/mol. The molecule has 0 saturated carbocycles. The molecule has 0 aromatic rings. The topological polar surface area (TPSA) is 0 Å². The van der Waals surface area contributed by atoms with E-state index in [1.165, 1.54) is 31.6 Å². The summed E-state index contributed by atoms with van der Waals surface area (Å²) in [4.78, 5) is 0. The quantitative estimate of drug-likeness (QED) is 0.446. The number of hydrogen-bond donors (Lipinski definition) is 0. The lowest BCUT2D eigenvalue weighted by Gasteiger charge is -2.16. The van der Waals surface area contributed by atoms with Crippen molar-refractivity contribution in [2.24, 2.45) is 0 Å². The van der Waals surface area contributed by atoms with Gasteiger partial charge in [0, 0.05) is 0 Å². The molecule has 0 aliphatic carbocycles. The van der Waals surface area contributed by atoms with Gasteiger partial charge in [0.05, 0.1) is 0 Å². The van der Waals surface area contributed by atoms with Crippen molar-refractivity contribution in [3.8, 4) is 0 Å². The molecule has 42 valence electrons. The van der Waals surface area contributed by atoms with Gasteiger partial charge in [-0.05, 0) is 25.2 Å². The second kappa shape index (κ2) is 3.00. The van der Waals surface area contributed by atoms with Gasteiger partial charge in [-0.15, -0.1) is 8.93 Å². The van der Waals surface area contributed by atoms with Crippen molar-refractivity contribution < 1.29 is 0 Å². The molecule has 0 amide bonds. The van der Waals surface area contributed by atoms with Crippen LogP contribution >= 0.6 is 16.5 Å². The predicted molar refractivity (Wildman–Crippen MR) is 40.2 cm³/mol. The lowest BCUT2D eigenvalue weighted by atomic mass is 10.3. The molecule has 1 aliphatic heterocycles. The van der Waals surface area contributed by atoms with Crippen molar-refractivity contribution in [2.75, 3.05) is 12.3 Å². The Kier molecular flexibility index (Phi) is 2.57. The molecule has 7 heavy (non-hydrogen) atoms. The highest BCUT2D eigenvalue weighted by Crippen LogP contribution is 2.48. The fourth-order valence-corrected chi connectivity index (χ4v) is 3.50. The summed E-state index contributed by atoms with van der Waals surface area (Å²) in [6, 6.07) is 0. The maximum absolute atomic E-state index is 2.97. The third kappa shape index (κ3) is 2.06. The van der Waals surface area contributed by atoms with Crippen molar-refractivity contribution >= 4 is 16.5 Å². The summed E-state index contributed by atoms with van der Waals surface area (Å²) in [5, 5.41) is 0. The molecule has 0 bridgehead atoms. The van der Waals surface area contributed by atoms with Crippen molar-refractivity contribution in [2.45, 2.75) is 19.3 Å². The normalized spacial score (nSPS) is 25.3. The van der Waals surface area contributed by atoms with E-state index in [1.54, 1.807) is 0 Å². The fourth-order valence-electron chi connectivity index (χ4n) is 0.918. The molecule has 0 nitrogen and oxygen atoms in total. The molecule has 1 atom stereocenters. The Morgan fingerprint density at radius 2 is 1.57 bits per heavy atom. The number of hydrogen-bond acceptors (Lipinski definition) is 0. The predicted octanol–water partition coefficient (Wildman–Crippen LogP) is 2.44. The Hall–Kier alpha value is 0.860. The van der Waals surface area contributed by atoms with Crippen LogP contribution in [0.1, 0.15) is 19.3 Å². The molecule has 0 N–H and O–H groups in total. The average molecular weight is 134 g/mol. The summed E-state index contributed by atoms with van der Waals surface area (Å²) in [7, 11) is 3.40. The van der Waals surface area contributed by atoms with E-state index >= 15 is 0 Å². The molecule has 2 heteroatoms. The summed E-state index contributed by atoms with van der Waals surface area (Å²) in [5.41, 5.74) is 0. The Morgan fingerprint density at radius 3 is 1.86 bits per heavy atom.